The van der Waals surface area contributed by atoms with Crippen LogP contribution in [-0.2, 0) is 14.3 Å². The van der Waals surface area contributed by atoms with Crippen LogP contribution in [0.5, 0.6) is 0 Å². The zero-order valence-electron chi connectivity index (χ0n) is 20.6. The molecule has 0 spiro atoms. The van der Waals surface area contributed by atoms with Crippen molar-refractivity contribution in [3.63, 3.8) is 0 Å². The fourth-order valence-corrected chi connectivity index (χ4v) is 2.94. The lowest BCUT2D eigenvalue weighted by atomic mass is 10.0. The van der Waals surface area contributed by atoms with Crippen molar-refractivity contribution in [1.82, 2.24) is 16.0 Å². The van der Waals surface area contributed by atoms with Gasteiger partial charge in [0, 0.05) is 12.2 Å². The quantitative estimate of drug-likeness (QED) is 0.253. The molecule has 2 atom stereocenters. The topological polar surface area (TPSA) is 189 Å². The normalized spacial score (nSPS) is 12.7. The summed E-state index contributed by atoms with van der Waals surface area (Å²) >= 11 is 0. The Hall–Kier alpha value is -3.83. The third kappa shape index (κ3) is 11.2. The number of carboxylic acids is 1. The highest BCUT2D eigenvalue weighted by Gasteiger charge is 2.30. The van der Waals surface area contributed by atoms with Crippen molar-refractivity contribution in [3.8, 4) is 0 Å². The number of amides is 5. The molecule has 0 fully saturated rings. The molecule has 0 saturated carbocycles. The highest BCUT2D eigenvalue weighted by molar-refractivity contribution is 5.98. The molecule has 5 amide bonds. The van der Waals surface area contributed by atoms with Gasteiger partial charge < -0.3 is 36.8 Å². The lowest BCUT2D eigenvalue weighted by Gasteiger charge is -2.27. The van der Waals surface area contributed by atoms with Crippen molar-refractivity contribution in [3.05, 3.63) is 29.8 Å². The minimum Gasteiger partial charge on any atom is -0.478 e. The highest BCUT2D eigenvalue weighted by Crippen LogP contribution is 2.13. The Morgan fingerprint density at radius 2 is 1.60 bits per heavy atom. The van der Waals surface area contributed by atoms with E-state index >= 15 is 0 Å². The Morgan fingerprint density at radius 1 is 1.00 bits per heavy atom. The first-order chi connectivity index (χ1) is 16.2. The van der Waals surface area contributed by atoms with Crippen LogP contribution in [0.1, 0.15) is 57.8 Å². The second kappa shape index (κ2) is 13.2. The first kappa shape index (κ1) is 29.2. The molecule has 12 heteroatoms. The monoisotopic (exact) mass is 493 g/mol. The average Bonchev–Trinajstić information content (AvgIpc) is 2.72. The number of nitrogens with two attached hydrogens (primary N) is 1. The van der Waals surface area contributed by atoms with Gasteiger partial charge in [-0.05, 0) is 63.8 Å². The third-order valence-corrected chi connectivity index (χ3v) is 4.62. The van der Waals surface area contributed by atoms with Crippen molar-refractivity contribution in [2.24, 2.45) is 11.7 Å². The van der Waals surface area contributed by atoms with E-state index in [-0.39, 0.29) is 24.4 Å². The maximum absolute atomic E-state index is 13.0. The molecule has 0 heterocycles. The number of alkyl carbamates (subject to hydrolysis) is 1. The van der Waals surface area contributed by atoms with Crippen LogP contribution in [0.25, 0.3) is 0 Å². The molecule has 12 nitrogen and oxygen atoms in total. The molecular weight excluding hydrogens is 458 g/mol. The summed E-state index contributed by atoms with van der Waals surface area (Å²) in [5.41, 5.74) is 4.69. The minimum absolute atomic E-state index is 0.0540. The number of benzene rings is 1. The van der Waals surface area contributed by atoms with E-state index < -0.39 is 47.6 Å². The van der Waals surface area contributed by atoms with Gasteiger partial charge in [0.05, 0.1) is 5.56 Å². The molecule has 194 valence electrons. The van der Waals surface area contributed by atoms with E-state index in [2.05, 4.69) is 21.3 Å². The fourth-order valence-electron chi connectivity index (χ4n) is 2.94. The number of aromatic carboxylic acids is 1. The molecule has 1 aromatic rings. The third-order valence-electron chi connectivity index (χ3n) is 4.62. The van der Waals surface area contributed by atoms with Gasteiger partial charge in [-0.2, -0.15) is 0 Å². The predicted octanol–water partition coefficient (Wildman–Crippen LogP) is 1.81. The van der Waals surface area contributed by atoms with Crippen LogP contribution in [0.15, 0.2) is 24.3 Å². The zero-order chi connectivity index (χ0) is 26.8. The summed E-state index contributed by atoms with van der Waals surface area (Å²) in [6.45, 7) is 8.74. The number of ether oxygens (including phenoxy) is 1. The van der Waals surface area contributed by atoms with Gasteiger partial charge in [0.25, 0.3) is 0 Å². The van der Waals surface area contributed by atoms with Gasteiger partial charge in [-0.15, -0.1) is 0 Å². The molecule has 0 bridgehead atoms. The molecule has 0 aromatic heterocycles. The number of primary amides is 1. The van der Waals surface area contributed by atoms with Crippen molar-refractivity contribution in [2.75, 3.05) is 11.9 Å². The summed E-state index contributed by atoms with van der Waals surface area (Å²) in [6.07, 6.45) is -0.288. The molecule has 1 rings (SSSR count). The van der Waals surface area contributed by atoms with Gasteiger partial charge in [-0.1, -0.05) is 13.8 Å². The second-order valence-electron chi connectivity index (χ2n) is 9.23. The number of nitrogens with one attached hydrogen (secondary N) is 4. The van der Waals surface area contributed by atoms with E-state index in [4.69, 9.17) is 15.6 Å². The van der Waals surface area contributed by atoms with Gasteiger partial charge in [0.15, 0.2) is 0 Å². The number of anilines is 1. The first-order valence-corrected chi connectivity index (χ1v) is 11.2. The molecule has 1 aromatic carbocycles. The molecule has 35 heavy (non-hydrogen) atoms. The molecular formula is C23H35N5O7. The van der Waals surface area contributed by atoms with Crippen LogP contribution in [0.2, 0.25) is 0 Å². The van der Waals surface area contributed by atoms with E-state index in [9.17, 15) is 24.0 Å². The Morgan fingerprint density at radius 3 is 2.09 bits per heavy atom. The van der Waals surface area contributed by atoms with Crippen molar-refractivity contribution in [1.29, 1.82) is 0 Å². The Balaban J connectivity index is 2.96. The minimum atomic E-state index is -1.10. The molecule has 0 saturated heterocycles. The van der Waals surface area contributed by atoms with Crippen LogP contribution < -0.4 is 27.0 Å². The first-order valence-electron chi connectivity index (χ1n) is 11.2. The fraction of sp³-hybridized carbons (Fsp3) is 0.522. The van der Waals surface area contributed by atoms with E-state index in [1.807, 2.05) is 0 Å². The molecule has 0 aliphatic rings. The number of carboxylic acid groups (broad SMARTS) is 1. The SMILES string of the molecule is CC(C)[C@H](NC(=O)OC(C)(C)C)C(=O)N[C@@H](CCCNC(N)=O)C(=O)Nc1ccc(C(=O)O)cc1. The highest BCUT2D eigenvalue weighted by atomic mass is 16.6. The largest absolute Gasteiger partial charge is 0.478 e. The number of hydrogen-bond donors (Lipinski definition) is 6. The van der Waals surface area contributed by atoms with Crippen LogP contribution in [0, 0.1) is 5.92 Å². The summed E-state index contributed by atoms with van der Waals surface area (Å²) in [6, 6.07) is 2.82. The summed E-state index contributed by atoms with van der Waals surface area (Å²) in [7, 11) is 0. The van der Waals surface area contributed by atoms with E-state index in [1.165, 1.54) is 24.3 Å². The van der Waals surface area contributed by atoms with Gasteiger partial charge in [-0.3, -0.25) is 9.59 Å². The van der Waals surface area contributed by atoms with Gasteiger partial charge in [0.1, 0.15) is 17.7 Å². The molecule has 7 N–H and O–H groups in total. The summed E-state index contributed by atoms with van der Waals surface area (Å²) in [5.74, 6) is -2.56. The van der Waals surface area contributed by atoms with Crippen molar-refractivity contribution >= 4 is 35.6 Å². The standard InChI is InChI=1S/C23H35N5O7/c1-13(2)17(28-22(34)35-23(3,4)5)19(30)27-16(7-6-12-25-21(24)33)18(29)26-15-10-8-14(9-11-15)20(31)32/h8-11,13,16-17H,6-7,12H2,1-5H3,(H,26,29)(H,27,30)(H,28,34)(H,31,32)(H3,24,25,33)/t16-,17-/m0/s1. The van der Waals surface area contributed by atoms with Crippen LogP contribution >= 0.6 is 0 Å². The average molecular weight is 494 g/mol. The molecule has 0 aliphatic heterocycles. The number of urea groups is 1. The van der Waals surface area contributed by atoms with Crippen LogP contribution in [0.3, 0.4) is 0 Å². The lowest BCUT2D eigenvalue weighted by molar-refractivity contribution is -0.128. The van der Waals surface area contributed by atoms with E-state index in [0.29, 0.717) is 12.1 Å². The van der Waals surface area contributed by atoms with Crippen molar-refractivity contribution in [2.45, 2.75) is 65.1 Å². The number of rotatable bonds is 11. The molecule has 0 aliphatic carbocycles. The van der Waals surface area contributed by atoms with Crippen LogP contribution in [-0.4, -0.2) is 59.2 Å². The zero-order valence-corrected chi connectivity index (χ0v) is 20.6. The second-order valence-corrected chi connectivity index (χ2v) is 9.23. The van der Waals surface area contributed by atoms with Crippen LogP contribution in [0.4, 0.5) is 15.3 Å². The lowest BCUT2D eigenvalue weighted by Crippen LogP contribution is -2.55. The Labute approximate surface area is 204 Å². The Kier molecular flexibility index (Phi) is 11.0. The summed E-state index contributed by atoms with van der Waals surface area (Å²) in [4.78, 5) is 60.1. The van der Waals surface area contributed by atoms with E-state index in [0.717, 1.165) is 0 Å². The predicted molar refractivity (Wildman–Crippen MR) is 129 cm³/mol. The molecule has 0 unspecified atom stereocenters. The van der Waals surface area contributed by atoms with Gasteiger partial charge >= 0.3 is 18.1 Å². The van der Waals surface area contributed by atoms with E-state index in [1.54, 1.807) is 34.6 Å². The maximum atomic E-state index is 13.0. The van der Waals surface area contributed by atoms with Gasteiger partial charge in [0.2, 0.25) is 11.8 Å². The smallest absolute Gasteiger partial charge is 0.408 e. The Bertz CT molecular complexity index is 910. The number of hydrogen-bond acceptors (Lipinski definition) is 6. The molecule has 0 radical (unpaired) electrons. The number of carbonyl (C=O) groups is 5. The summed E-state index contributed by atoms with van der Waals surface area (Å²) < 4.78 is 5.23. The summed E-state index contributed by atoms with van der Waals surface area (Å²) in [5, 5.41) is 19.2. The van der Waals surface area contributed by atoms with Gasteiger partial charge in [-0.25, -0.2) is 14.4 Å². The maximum Gasteiger partial charge on any atom is 0.408 e. The van der Waals surface area contributed by atoms with Crippen molar-refractivity contribution < 1.29 is 33.8 Å². The number of carbonyl (C=O) groups excluding carboxylic acids is 4.